The molecule has 0 rings (SSSR count). The summed E-state index contributed by atoms with van der Waals surface area (Å²) in [7, 11) is 0. The zero-order valence-corrected chi connectivity index (χ0v) is 9.44. The summed E-state index contributed by atoms with van der Waals surface area (Å²) in [5.74, 6) is 0.722. The largest absolute Gasteiger partial charge is 0.0886 e. The second-order valence-electron chi connectivity index (χ2n) is 2.08. The second-order valence-corrected chi connectivity index (χ2v) is 2.08. The van der Waals surface area contributed by atoms with Gasteiger partial charge >= 0.3 is 0 Å². The summed E-state index contributed by atoms with van der Waals surface area (Å²) in [5.41, 5.74) is 0. The molecule has 0 saturated heterocycles. The lowest BCUT2D eigenvalue weighted by molar-refractivity contribution is 0.826. The Morgan fingerprint density at radius 1 is 1.00 bits per heavy atom. The van der Waals surface area contributed by atoms with Crippen molar-refractivity contribution in [3.63, 3.8) is 0 Å². The number of hydrogen-bond donors (Lipinski definition) is 0. The van der Waals surface area contributed by atoms with Crippen molar-refractivity contribution in [2.45, 2.75) is 54.9 Å². The Morgan fingerprint density at radius 2 is 1.36 bits per heavy atom. The van der Waals surface area contributed by atoms with Crippen LogP contribution < -0.4 is 0 Å². The van der Waals surface area contributed by atoms with Crippen molar-refractivity contribution < 1.29 is 0 Å². The van der Waals surface area contributed by atoms with Crippen LogP contribution in [0.2, 0.25) is 0 Å². The molecule has 0 atom stereocenters. The second kappa shape index (κ2) is 22.6. The van der Waals surface area contributed by atoms with Crippen molar-refractivity contribution in [1.29, 1.82) is 0 Å². The first-order chi connectivity index (χ1) is 5.27. The highest BCUT2D eigenvalue weighted by Crippen LogP contribution is 1.93. The normalized spacial score (nSPS) is 8.36. The monoisotopic (exact) mass is 158 g/mol. The molecule has 0 nitrogen and oxygen atoms in total. The van der Waals surface area contributed by atoms with Crippen LogP contribution in [0, 0.1) is 5.92 Å². The Hall–Kier alpha value is -0.260. The molecule has 0 heteroatoms. The van der Waals surface area contributed by atoms with E-state index in [1.54, 1.807) is 0 Å². The molecule has 0 aliphatic heterocycles. The van der Waals surface area contributed by atoms with Gasteiger partial charge in [0.1, 0.15) is 0 Å². The van der Waals surface area contributed by atoms with E-state index in [9.17, 15) is 0 Å². The van der Waals surface area contributed by atoms with Crippen LogP contribution in [0.3, 0.4) is 0 Å². The third-order valence-corrected chi connectivity index (χ3v) is 0.757. The number of allylic oxidation sites excluding steroid dienone is 2. The van der Waals surface area contributed by atoms with Gasteiger partial charge in [-0.05, 0) is 12.3 Å². The highest BCUT2D eigenvalue weighted by molar-refractivity contribution is 4.82. The molecule has 0 aliphatic carbocycles. The van der Waals surface area contributed by atoms with Gasteiger partial charge in [0.15, 0.2) is 0 Å². The molecule has 0 N–H and O–H groups in total. The minimum Gasteiger partial charge on any atom is -0.0886 e. The zero-order chi connectivity index (χ0) is 9.70. The van der Waals surface area contributed by atoms with Gasteiger partial charge in [0.25, 0.3) is 0 Å². The molecule has 0 unspecified atom stereocenters. The van der Waals surface area contributed by atoms with E-state index in [2.05, 4.69) is 32.9 Å². The summed E-state index contributed by atoms with van der Waals surface area (Å²) < 4.78 is 0. The van der Waals surface area contributed by atoms with E-state index in [0.29, 0.717) is 0 Å². The summed E-state index contributed by atoms with van der Waals surface area (Å²) in [6.45, 7) is 14.5. The van der Waals surface area contributed by atoms with E-state index in [1.807, 2.05) is 27.7 Å². The summed E-state index contributed by atoms with van der Waals surface area (Å²) >= 11 is 0. The third kappa shape index (κ3) is 41.7. The molecule has 0 bridgehead atoms. The molecule has 0 saturated carbocycles. The van der Waals surface area contributed by atoms with Crippen LogP contribution in [0.4, 0.5) is 0 Å². The Balaban J connectivity index is -0.000000138. The van der Waals surface area contributed by atoms with Crippen LogP contribution >= 0.6 is 0 Å². The van der Waals surface area contributed by atoms with Crippen LogP contribution in [0.5, 0.6) is 0 Å². The standard InChI is InChI=1S/C7H14.2C2H6/c1-4-5-6-7(2)3;2*1-2/h5-7H,4H2,1-3H3;2*1-2H3/b6-5-;;. The first-order valence-electron chi connectivity index (χ1n) is 4.94. The molecule has 0 spiro atoms. The van der Waals surface area contributed by atoms with E-state index in [-0.39, 0.29) is 0 Å². The number of hydrogen-bond acceptors (Lipinski definition) is 0. The summed E-state index contributed by atoms with van der Waals surface area (Å²) in [4.78, 5) is 0. The summed E-state index contributed by atoms with van der Waals surface area (Å²) in [6.07, 6.45) is 5.59. The Bertz CT molecular complexity index is 51.1. The van der Waals surface area contributed by atoms with Gasteiger partial charge in [0.05, 0.1) is 0 Å². The highest BCUT2D eigenvalue weighted by Gasteiger charge is 1.78. The van der Waals surface area contributed by atoms with Crippen LogP contribution in [0.15, 0.2) is 12.2 Å². The van der Waals surface area contributed by atoms with Crippen molar-refractivity contribution in [2.24, 2.45) is 5.92 Å². The fraction of sp³-hybridized carbons (Fsp3) is 0.818. The van der Waals surface area contributed by atoms with E-state index in [0.717, 1.165) is 12.3 Å². The predicted octanol–water partition coefficient (Wildman–Crippen LogP) is 4.66. The zero-order valence-electron chi connectivity index (χ0n) is 9.44. The van der Waals surface area contributed by atoms with Crippen molar-refractivity contribution >= 4 is 0 Å². The van der Waals surface area contributed by atoms with Gasteiger partial charge in [0.2, 0.25) is 0 Å². The topological polar surface area (TPSA) is 0 Å². The van der Waals surface area contributed by atoms with Crippen LogP contribution in [-0.4, -0.2) is 0 Å². The average molecular weight is 158 g/mol. The molecule has 70 valence electrons. The predicted molar refractivity (Wildman–Crippen MR) is 57.0 cm³/mol. The molecule has 0 aliphatic rings. The third-order valence-electron chi connectivity index (χ3n) is 0.757. The first kappa shape index (κ1) is 17.0. The van der Waals surface area contributed by atoms with E-state index in [4.69, 9.17) is 0 Å². The molecule has 0 fully saturated rings. The van der Waals surface area contributed by atoms with Gasteiger partial charge in [-0.3, -0.25) is 0 Å². The molecular formula is C11H26. The van der Waals surface area contributed by atoms with Gasteiger partial charge < -0.3 is 0 Å². The molecular weight excluding hydrogens is 132 g/mol. The first-order valence-corrected chi connectivity index (χ1v) is 4.94. The van der Waals surface area contributed by atoms with Crippen LogP contribution in [0.25, 0.3) is 0 Å². The Morgan fingerprint density at radius 3 is 1.45 bits per heavy atom. The molecule has 0 radical (unpaired) electrons. The van der Waals surface area contributed by atoms with Gasteiger partial charge in [-0.15, -0.1) is 0 Å². The van der Waals surface area contributed by atoms with Crippen molar-refractivity contribution in [2.75, 3.05) is 0 Å². The van der Waals surface area contributed by atoms with Crippen LogP contribution in [0.1, 0.15) is 54.9 Å². The average Bonchev–Trinajstić information content (AvgIpc) is 2.08. The van der Waals surface area contributed by atoms with Gasteiger partial charge in [-0.1, -0.05) is 60.6 Å². The lowest BCUT2D eigenvalue weighted by atomic mass is 10.2. The number of rotatable bonds is 2. The van der Waals surface area contributed by atoms with Gasteiger partial charge in [-0.25, -0.2) is 0 Å². The Kier molecular flexibility index (Phi) is 34.9. The van der Waals surface area contributed by atoms with Crippen molar-refractivity contribution in [1.82, 2.24) is 0 Å². The maximum Gasteiger partial charge on any atom is -0.0290 e. The van der Waals surface area contributed by atoms with Gasteiger partial charge in [-0.2, -0.15) is 0 Å². The lowest BCUT2D eigenvalue weighted by Gasteiger charge is -1.88. The molecule has 0 aromatic rings. The highest BCUT2D eigenvalue weighted by atomic mass is 13.8. The minimum absolute atomic E-state index is 0.722. The maximum absolute atomic E-state index is 2.22. The SMILES string of the molecule is CC.CC.CC/C=C\C(C)C. The lowest BCUT2D eigenvalue weighted by Crippen LogP contribution is -1.74. The van der Waals surface area contributed by atoms with Crippen LogP contribution in [-0.2, 0) is 0 Å². The molecule has 0 amide bonds. The molecule has 0 aromatic heterocycles. The smallest absolute Gasteiger partial charge is 0.0290 e. The molecule has 0 aromatic carbocycles. The fourth-order valence-electron chi connectivity index (χ4n) is 0.408. The van der Waals surface area contributed by atoms with E-state index in [1.165, 1.54) is 0 Å². The van der Waals surface area contributed by atoms with Crippen molar-refractivity contribution in [3.8, 4) is 0 Å². The van der Waals surface area contributed by atoms with E-state index < -0.39 is 0 Å². The summed E-state index contributed by atoms with van der Waals surface area (Å²) in [6, 6.07) is 0. The fourth-order valence-corrected chi connectivity index (χ4v) is 0.408. The van der Waals surface area contributed by atoms with Gasteiger partial charge in [0, 0.05) is 0 Å². The maximum atomic E-state index is 2.22. The quantitative estimate of drug-likeness (QED) is 0.513. The minimum atomic E-state index is 0.722. The molecule has 11 heavy (non-hydrogen) atoms. The molecule has 0 heterocycles. The van der Waals surface area contributed by atoms with Crippen molar-refractivity contribution in [3.05, 3.63) is 12.2 Å². The summed E-state index contributed by atoms with van der Waals surface area (Å²) in [5, 5.41) is 0. The van der Waals surface area contributed by atoms with E-state index >= 15 is 0 Å². The Labute approximate surface area is 73.7 Å².